The van der Waals surface area contributed by atoms with E-state index >= 15 is 0 Å². The SMILES string of the molecule is O=C(CSc1ncnc2c1cnn2-c1ccccc1)Nc1cc(C(F)(F)F)cc(C(F)(F)F)c1. The van der Waals surface area contributed by atoms with Crippen LogP contribution >= 0.6 is 11.8 Å². The number of benzene rings is 2. The molecule has 0 unspecified atom stereocenters. The van der Waals surface area contributed by atoms with E-state index in [4.69, 9.17) is 0 Å². The van der Waals surface area contributed by atoms with E-state index in [1.54, 1.807) is 4.68 Å². The summed E-state index contributed by atoms with van der Waals surface area (Å²) in [6.45, 7) is 0. The second-order valence-electron chi connectivity index (χ2n) is 6.94. The van der Waals surface area contributed by atoms with Crippen LogP contribution in [0.1, 0.15) is 11.1 Å². The molecule has 0 atom stereocenters. The number of para-hydroxylation sites is 1. The maximum atomic E-state index is 13.0. The Morgan fingerprint density at radius 2 is 1.59 bits per heavy atom. The topological polar surface area (TPSA) is 72.7 Å². The number of thioether (sulfide) groups is 1. The average Bonchev–Trinajstić information content (AvgIpc) is 3.22. The predicted molar refractivity (Wildman–Crippen MR) is 112 cm³/mol. The number of aromatic nitrogens is 4. The van der Waals surface area contributed by atoms with Crippen molar-refractivity contribution >= 4 is 34.4 Å². The highest BCUT2D eigenvalue weighted by Crippen LogP contribution is 2.37. The first kappa shape index (κ1) is 23.5. The minimum absolute atomic E-state index is 0.00752. The lowest BCUT2D eigenvalue weighted by Gasteiger charge is -2.14. The van der Waals surface area contributed by atoms with Crippen LogP contribution in [0.5, 0.6) is 0 Å². The summed E-state index contributed by atoms with van der Waals surface area (Å²) in [5.74, 6) is -1.13. The fourth-order valence-corrected chi connectivity index (χ4v) is 3.81. The second kappa shape index (κ2) is 8.97. The molecule has 0 spiro atoms. The van der Waals surface area contributed by atoms with E-state index < -0.39 is 35.1 Å². The molecule has 2 aromatic carbocycles. The maximum absolute atomic E-state index is 13.0. The second-order valence-corrected chi connectivity index (χ2v) is 7.90. The fourth-order valence-electron chi connectivity index (χ4n) is 3.05. The van der Waals surface area contributed by atoms with Crippen LogP contribution in [0.15, 0.2) is 66.1 Å². The number of amides is 1. The van der Waals surface area contributed by atoms with E-state index in [2.05, 4.69) is 20.4 Å². The molecular formula is C21H13F6N5OS. The molecule has 0 aliphatic heterocycles. The van der Waals surface area contributed by atoms with E-state index in [0.29, 0.717) is 28.2 Å². The molecule has 4 rings (SSSR count). The highest BCUT2D eigenvalue weighted by Gasteiger charge is 2.37. The number of halogens is 6. The number of nitrogens with one attached hydrogen (secondary N) is 1. The monoisotopic (exact) mass is 497 g/mol. The normalized spacial score (nSPS) is 12.2. The zero-order valence-electron chi connectivity index (χ0n) is 16.9. The number of anilines is 1. The highest BCUT2D eigenvalue weighted by molar-refractivity contribution is 8.00. The maximum Gasteiger partial charge on any atom is 0.416 e. The van der Waals surface area contributed by atoms with E-state index in [1.165, 1.54) is 12.5 Å². The van der Waals surface area contributed by atoms with Crippen LogP contribution in [0.25, 0.3) is 16.7 Å². The van der Waals surface area contributed by atoms with Gasteiger partial charge in [0.15, 0.2) is 5.65 Å². The Labute approximate surface area is 192 Å². The number of hydrogen-bond donors (Lipinski definition) is 1. The third-order valence-electron chi connectivity index (χ3n) is 4.54. The first-order valence-electron chi connectivity index (χ1n) is 9.48. The van der Waals surface area contributed by atoms with Crippen molar-refractivity contribution in [3.05, 3.63) is 72.2 Å². The van der Waals surface area contributed by atoms with Gasteiger partial charge in [-0.2, -0.15) is 31.4 Å². The molecule has 6 nitrogen and oxygen atoms in total. The zero-order valence-corrected chi connectivity index (χ0v) is 17.7. The lowest BCUT2D eigenvalue weighted by Crippen LogP contribution is -2.17. The summed E-state index contributed by atoms with van der Waals surface area (Å²) in [6, 6.07) is 10.0. The van der Waals surface area contributed by atoms with Gasteiger partial charge >= 0.3 is 12.4 Å². The third-order valence-corrected chi connectivity index (χ3v) is 5.55. The van der Waals surface area contributed by atoms with Crippen molar-refractivity contribution in [1.82, 2.24) is 19.7 Å². The van der Waals surface area contributed by atoms with Crippen LogP contribution in [0.3, 0.4) is 0 Å². The Bertz CT molecular complexity index is 1300. The fraction of sp³-hybridized carbons (Fsp3) is 0.143. The molecule has 1 N–H and O–H groups in total. The van der Waals surface area contributed by atoms with Crippen molar-refractivity contribution in [2.24, 2.45) is 0 Å². The first-order valence-corrected chi connectivity index (χ1v) is 10.5. The molecule has 0 bridgehead atoms. The van der Waals surface area contributed by atoms with Crippen LogP contribution in [0.2, 0.25) is 0 Å². The van der Waals surface area contributed by atoms with E-state index in [1.807, 2.05) is 30.3 Å². The molecule has 4 aromatic rings. The minimum atomic E-state index is -5.01. The van der Waals surface area contributed by atoms with Crippen molar-refractivity contribution in [1.29, 1.82) is 0 Å². The molecule has 176 valence electrons. The lowest BCUT2D eigenvalue weighted by atomic mass is 10.1. The van der Waals surface area contributed by atoms with Crippen molar-refractivity contribution in [2.75, 3.05) is 11.1 Å². The Morgan fingerprint density at radius 3 is 2.21 bits per heavy atom. The van der Waals surface area contributed by atoms with Crippen molar-refractivity contribution < 1.29 is 31.1 Å². The van der Waals surface area contributed by atoms with Crippen molar-refractivity contribution in [2.45, 2.75) is 17.4 Å². The largest absolute Gasteiger partial charge is 0.416 e. The number of nitrogens with zero attached hydrogens (tertiary/aromatic N) is 4. The summed E-state index contributed by atoms with van der Waals surface area (Å²) < 4.78 is 79.6. The van der Waals surface area contributed by atoms with Gasteiger partial charge in [0, 0.05) is 5.69 Å². The summed E-state index contributed by atoms with van der Waals surface area (Å²) in [6.07, 6.45) is -7.25. The van der Waals surface area contributed by atoms with Gasteiger partial charge in [0.25, 0.3) is 0 Å². The molecule has 0 fully saturated rings. The van der Waals surface area contributed by atoms with Crippen molar-refractivity contribution in [3.8, 4) is 5.69 Å². The first-order chi connectivity index (χ1) is 16.0. The predicted octanol–water partition coefficient (Wildman–Crippen LogP) is 5.58. The Hall–Kier alpha value is -3.61. The molecule has 0 radical (unpaired) electrons. The molecule has 2 aromatic heterocycles. The summed E-state index contributed by atoms with van der Waals surface area (Å²) in [5, 5.41) is 7.27. The van der Waals surface area contributed by atoms with Crippen LogP contribution < -0.4 is 5.32 Å². The number of rotatable bonds is 5. The van der Waals surface area contributed by atoms with Crippen molar-refractivity contribution in [3.63, 3.8) is 0 Å². The average molecular weight is 497 g/mol. The van der Waals surface area contributed by atoms with E-state index in [0.717, 1.165) is 17.4 Å². The summed E-state index contributed by atoms with van der Waals surface area (Å²) in [5.41, 5.74) is -2.43. The van der Waals surface area contributed by atoms with Gasteiger partial charge in [-0.3, -0.25) is 4.79 Å². The number of fused-ring (bicyclic) bond motifs is 1. The lowest BCUT2D eigenvalue weighted by molar-refractivity contribution is -0.143. The van der Waals surface area contributed by atoms with Gasteiger partial charge < -0.3 is 5.32 Å². The molecule has 0 saturated carbocycles. The summed E-state index contributed by atoms with van der Waals surface area (Å²) in [4.78, 5) is 20.6. The van der Waals surface area contributed by atoms with Gasteiger partial charge in [-0.05, 0) is 30.3 Å². The number of carbonyl (C=O) groups excluding carboxylic acids is 1. The van der Waals surface area contributed by atoms with Gasteiger partial charge in [0.1, 0.15) is 11.4 Å². The Kier molecular flexibility index (Phi) is 6.21. The molecule has 1 amide bonds. The van der Waals surface area contributed by atoms with Gasteiger partial charge in [-0.1, -0.05) is 30.0 Å². The van der Waals surface area contributed by atoms with Crippen LogP contribution in [0.4, 0.5) is 32.0 Å². The number of alkyl halides is 6. The molecule has 13 heteroatoms. The van der Waals surface area contributed by atoms with Gasteiger partial charge in [-0.25, -0.2) is 14.6 Å². The molecule has 2 heterocycles. The Balaban J connectivity index is 1.52. The number of hydrogen-bond acceptors (Lipinski definition) is 5. The van der Waals surface area contributed by atoms with Crippen LogP contribution in [0, 0.1) is 0 Å². The van der Waals surface area contributed by atoms with Gasteiger partial charge in [-0.15, -0.1) is 0 Å². The Morgan fingerprint density at radius 1 is 0.941 bits per heavy atom. The van der Waals surface area contributed by atoms with E-state index in [-0.39, 0.29) is 11.8 Å². The number of carbonyl (C=O) groups is 1. The van der Waals surface area contributed by atoms with Gasteiger partial charge in [0.05, 0.1) is 34.2 Å². The molecular weight excluding hydrogens is 484 g/mol. The van der Waals surface area contributed by atoms with Gasteiger partial charge in [0.2, 0.25) is 5.91 Å². The molecule has 34 heavy (non-hydrogen) atoms. The highest BCUT2D eigenvalue weighted by atomic mass is 32.2. The van der Waals surface area contributed by atoms with Crippen LogP contribution in [-0.2, 0) is 17.1 Å². The third kappa shape index (κ3) is 5.14. The molecule has 0 saturated heterocycles. The smallest absolute Gasteiger partial charge is 0.325 e. The van der Waals surface area contributed by atoms with E-state index in [9.17, 15) is 31.1 Å². The summed E-state index contributed by atoms with van der Waals surface area (Å²) >= 11 is 0.944. The van der Waals surface area contributed by atoms with Crippen LogP contribution in [-0.4, -0.2) is 31.4 Å². The standard InChI is InChI=1S/C21H13F6N5OS/c22-20(23,24)12-6-13(21(25,26)27)8-14(7-12)31-17(33)10-34-19-16-9-30-32(18(16)28-11-29-19)15-4-2-1-3-5-15/h1-9,11H,10H2,(H,31,33). The minimum Gasteiger partial charge on any atom is -0.325 e. The molecule has 0 aliphatic rings. The zero-order chi connectivity index (χ0) is 24.5. The molecule has 0 aliphatic carbocycles. The summed E-state index contributed by atoms with van der Waals surface area (Å²) in [7, 11) is 0. The quantitative estimate of drug-likeness (QED) is 0.221.